The van der Waals surface area contributed by atoms with E-state index in [-0.39, 0.29) is 17.9 Å². The van der Waals surface area contributed by atoms with Crippen LogP contribution in [0.3, 0.4) is 0 Å². The summed E-state index contributed by atoms with van der Waals surface area (Å²) in [6.07, 6.45) is 9.20. The molecular formula is C18H24N6O. The fourth-order valence-electron chi connectivity index (χ4n) is 3.96. The van der Waals surface area contributed by atoms with E-state index in [2.05, 4.69) is 20.0 Å². The Bertz CT molecular complexity index is 689. The number of aromatic nitrogens is 4. The first-order chi connectivity index (χ1) is 12.3. The number of piperidine rings is 2. The van der Waals surface area contributed by atoms with Gasteiger partial charge >= 0.3 is 0 Å². The Morgan fingerprint density at radius 1 is 1.12 bits per heavy atom. The zero-order chi connectivity index (χ0) is 17.1. The van der Waals surface area contributed by atoms with Crippen LogP contribution in [-0.2, 0) is 4.79 Å². The van der Waals surface area contributed by atoms with Crippen LogP contribution >= 0.6 is 0 Å². The van der Waals surface area contributed by atoms with Crippen LogP contribution < -0.4 is 4.90 Å². The molecule has 4 heterocycles. The summed E-state index contributed by atoms with van der Waals surface area (Å²) in [7, 11) is 0. The Morgan fingerprint density at radius 3 is 2.84 bits per heavy atom. The minimum Gasteiger partial charge on any atom is -0.356 e. The maximum atomic E-state index is 13.1. The second-order valence-corrected chi connectivity index (χ2v) is 6.93. The predicted octanol–water partition coefficient (Wildman–Crippen LogP) is 1.75. The Labute approximate surface area is 147 Å². The molecule has 2 saturated heterocycles. The highest BCUT2D eigenvalue weighted by molar-refractivity contribution is 5.80. The molecule has 2 aromatic rings. The average Bonchev–Trinajstić information content (AvgIpc) is 3.23. The summed E-state index contributed by atoms with van der Waals surface area (Å²) in [5, 5.41) is 4.25. The largest absolute Gasteiger partial charge is 0.356 e. The standard InChI is InChI=1S/C18H24N6O/c25-18(23-10-4-6-16(12-23)24-14-19-13-21-24)15-5-3-9-22(11-15)17-7-1-2-8-20-17/h1-2,7-8,13-16H,3-6,9-12H2/t15-,16-/m1/s1. The van der Waals surface area contributed by atoms with Crippen molar-refractivity contribution in [3.8, 4) is 0 Å². The van der Waals surface area contributed by atoms with Gasteiger partial charge in [0.05, 0.1) is 12.0 Å². The Kier molecular flexibility index (Phi) is 4.63. The van der Waals surface area contributed by atoms with Crippen LogP contribution in [0.25, 0.3) is 0 Å². The average molecular weight is 340 g/mol. The molecule has 0 aromatic carbocycles. The summed E-state index contributed by atoms with van der Waals surface area (Å²) in [4.78, 5) is 25.8. The van der Waals surface area contributed by atoms with E-state index in [4.69, 9.17) is 0 Å². The maximum Gasteiger partial charge on any atom is 0.227 e. The number of rotatable bonds is 3. The lowest BCUT2D eigenvalue weighted by atomic mass is 9.95. The molecule has 7 nitrogen and oxygen atoms in total. The van der Waals surface area contributed by atoms with Crippen molar-refractivity contribution in [3.05, 3.63) is 37.1 Å². The molecular weight excluding hydrogens is 316 g/mol. The van der Waals surface area contributed by atoms with E-state index in [0.717, 1.165) is 57.7 Å². The quantitative estimate of drug-likeness (QED) is 0.852. The number of amides is 1. The fourth-order valence-corrected chi connectivity index (χ4v) is 3.96. The van der Waals surface area contributed by atoms with Gasteiger partial charge in [-0.1, -0.05) is 6.07 Å². The van der Waals surface area contributed by atoms with Crippen LogP contribution in [0.1, 0.15) is 31.7 Å². The summed E-state index contributed by atoms with van der Waals surface area (Å²) in [5.74, 6) is 1.31. The van der Waals surface area contributed by atoms with Gasteiger partial charge < -0.3 is 9.80 Å². The van der Waals surface area contributed by atoms with Gasteiger partial charge in [0, 0.05) is 32.4 Å². The highest BCUT2D eigenvalue weighted by Crippen LogP contribution is 2.26. The lowest BCUT2D eigenvalue weighted by Crippen LogP contribution is -2.48. The minimum absolute atomic E-state index is 0.0604. The molecule has 132 valence electrons. The molecule has 2 fully saturated rings. The first kappa shape index (κ1) is 16.1. The number of anilines is 1. The molecule has 0 bridgehead atoms. The van der Waals surface area contributed by atoms with E-state index < -0.39 is 0 Å². The zero-order valence-electron chi connectivity index (χ0n) is 14.4. The van der Waals surface area contributed by atoms with Gasteiger partial charge in [0.1, 0.15) is 18.5 Å². The second-order valence-electron chi connectivity index (χ2n) is 6.93. The van der Waals surface area contributed by atoms with Crippen molar-refractivity contribution in [2.45, 2.75) is 31.7 Å². The molecule has 0 unspecified atom stereocenters. The summed E-state index contributed by atoms with van der Waals surface area (Å²) in [5.41, 5.74) is 0. The van der Waals surface area contributed by atoms with E-state index in [1.54, 1.807) is 12.7 Å². The van der Waals surface area contributed by atoms with E-state index in [1.165, 1.54) is 0 Å². The Balaban J connectivity index is 1.41. The normalized spacial score (nSPS) is 24.3. The van der Waals surface area contributed by atoms with Crippen LogP contribution in [0, 0.1) is 5.92 Å². The number of carbonyl (C=O) groups excluding carboxylic acids is 1. The maximum absolute atomic E-state index is 13.1. The number of nitrogens with zero attached hydrogens (tertiary/aromatic N) is 6. The highest BCUT2D eigenvalue weighted by Gasteiger charge is 2.32. The fraction of sp³-hybridized carbons (Fsp3) is 0.556. The smallest absolute Gasteiger partial charge is 0.227 e. The third-order valence-electron chi connectivity index (χ3n) is 5.26. The van der Waals surface area contributed by atoms with Gasteiger partial charge in [-0.3, -0.25) is 4.79 Å². The van der Waals surface area contributed by atoms with Crippen LogP contribution in [0.5, 0.6) is 0 Å². The number of pyridine rings is 1. The summed E-state index contributed by atoms with van der Waals surface area (Å²) >= 11 is 0. The van der Waals surface area contributed by atoms with Crippen molar-refractivity contribution >= 4 is 11.7 Å². The molecule has 1 amide bonds. The first-order valence-electron chi connectivity index (χ1n) is 9.10. The summed E-state index contributed by atoms with van der Waals surface area (Å²) in [6.45, 7) is 3.33. The van der Waals surface area contributed by atoms with Gasteiger partial charge in [-0.05, 0) is 37.8 Å². The van der Waals surface area contributed by atoms with Crippen molar-refractivity contribution in [3.63, 3.8) is 0 Å². The van der Waals surface area contributed by atoms with Gasteiger partial charge in [0.15, 0.2) is 0 Å². The molecule has 2 aliphatic heterocycles. The summed E-state index contributed by atoms with van der Waals surface area (Å²) in [6, 6.07) is 6.19. The third kappa shape index (κ3) is 3.50. The van der Waals surface area contributed by atoms with Crippen molar-refractivity contribution in [2.24, 2.45) is 5.92 Å². The molecule has 4 rings (SSSR count). The Hall–Kier alpha value is -2.44. The van der Waals surface area contributed by atoms with E-state index >= 15 is 0 Å². The SMILES string of the molecule is O=C([C@@H]1CCCN(c2ccccn2)C1)N1CCC[C@@H](n2cncn2)C1. The lowest BCUT2D eigenvalue weighted by molar-refractivity contribution is -0.137. The lowest BCUT2D eigenvalue weighted by Gasteiger charge is -2.38. The van der Waals surface area contributed by atoms with E-state index in [0.29, 0.717) is 0 Å². The molecule has 25 heavy (non-hydrogen) atoms. The summed E-state index contributed by atoms with van der Waals surface area (Å²) < 4.78 is 1.89. The number of hydrogen-bond acceptors (Lipinski definition) is 5. The molecule has 0 aliphatic carbocycles. The molecule has 0 radical (unpaired) electrons. The molecule has 2 aromatic heterocycles. The monoisotopic (exact) mass is 340 g/mol. The van der Waals surface area contributed by atoms with Crippen LogP contribution in [0.15, 0.2) is 37.1 Å². The van der Waals surface area contributed by atoms with E-state index in [1.807, 2.05) is 34.0 Å². The second kappa shape index (κ2) is 7.21. The van der Waals surface area contributed by atoms with Crippen molar-refractivity contribution in [1.82, 2.24) is 24.6 Å². The van der Waals surface area contributed by atoms with E-state index in [9.17, 15) is 4.79 Å². The molecule has 7 heteroatoms. The zero-order valence-corrected chi connectivity index (χ0v) is 14.4. The van der Waals surface area contributed by atoms with Gasteiger partial charge in [-0.25, -0.2) is 14.6 Å². The molecule has 2 atom stereocenters. The minimum atomic E-state index is 0.0604. The van der Waals surface area contributed by atoms with Crippen molar-refractivity contribution in [1.29, 1.82) is 0 Å². The van der Waals surface area contributed by atoms with Crippen LogP contribution in [-0.4, -0.2) is 56.7 Å². The molecule has 0 N–H and O–H groups in total. The van der Waals surface area contributed by atoms with Gasteiger partial charge in [-0.15, -0.1) is 0 Å². The highest BCUT2D eigenvalue weighted by atomic mass is 16.2. The predicted molar refractivity (Wildman–Crippen MR) is 94.0 cm³/mol. The molecule has 0 saturated carbocycles. The number of hydrogen-bond donors (Lipinski definition) is 0. The molecule has 0 spiro atoms. The first-order valence-corrected chi connectivity index (χ1v) is 9.10. The van der Waals surface area contributed by atoms with Gasteiger partial charge in [-0.2, -0.15) is 5.10 Å². The number of carbonyl (C=O) groups is 1. The number of likely N-dealkylation sites (tertiary alicyclic amines) is 1. The molecule has 2 aliphatic rings. The topological polar surface area (TPSA) is 67.2 Å². The van der Waals surface area contributed by atoms with Gasteiger partial charge in [0.2, 0.25) is 5.91 Å². The van der Waals surface area contributed by atoms with Crippen LogP contribution in [0.4, 0.5) is 5.82 Å². The van der Waals surface area contributed by atoms with Crippen molar-refractivity contribution in [2.75, 3.05) is 31.1 Å². The Morgan fingerprint density at radius 2 is 2.04 bits per heavy atom. The van der Waals surface area contributed by atoms with Crippen LogP contribution in [0.2, 0.25) is 0 Å². The van der Waals surface area contributed by atoms with Gasteiger partial charge in [0.25, 0.3) is 0 Å². The third-order valence-corrected chi connectivity index (χ3v) is 5.26. The van der Waals surface area contributed by atoms with Crippen molar-refractivity contribution < 1.29 is 4.79 Å².